The van der Waals surface area contributed by atoms with Crippen LogP contribution in [0.2, 0.25) is 0 Å². The van der Waals surface area contributed by atoms with Crippen LogP contribution in [0, 0.1) is 0 Å². The minimum atomic E-state index is -0.626. The van der Waals surface area contributed by atoms with Crippen LogP contribution in [0.4, 0.5) is 5.95 Å². The van der Waals surface area contributed by atoms with Gasteiger partial charge in [0.2, 0.25) is 11.9 Å². The molecule has 1 fully saturated rings. The number of nitrogens with zero attached hydrogens (tertiary/aromatic N) is 3. The number of hydrogen-bond donors (Lipinski definition) is 1. The fourth-order valence-corrected chi connectivity index (χ4v) is 2.48. The Labute approximate surface area is 112 Å². The Morgan fingerprint density at radius 2 is 2.28 bits per heavy atom. The van der Waals surface area contributed by atoms with Gasteiger partial charge in [-0.25, -0.2) is 9.97 Å². The largest absolute Gasteiger partial charge is 0.391 e. The van der Waals surface area contributed by atoms with Gasteiger partial charge in [-0.15, -0.1) is 0 Å². The Morgan fingerprint density at radius 3 is 3.00 bits per heavy atom. The summed E-state index contributed by atoms with van der Waals surface area (Å²) in [5.41, 5.74) is 0.767. The molecule has 0 bridgehead atoms. The molecule has 1 atom stereocenters. The molecular weight excluding hydrogens is 298 g/mol. The van der Waals surface area contributed by atoms with E-state index in [2.05, 4.69) is 25.9 Å². The zero-order chi connectivity index (χ0) is 12.7. The van der Waals surface area contributed by atoms with Crippen molar-refractivity contribution in [2.45, 2.75) is 12.5 Å². The Morgan fingerprint density at radius 1 is 1.44 bits per heavy atom. The molecule has 1 amide bonds. The number of β-amino-alcohol motifs (C(OH)–C–C–N with tert-alkyl or cyclic N) is 1. The van der Waals surface area contributed by atoms with Gasteiger partial charge >= 0.3 is 0 Å². The lowest BCUT2D eigenvalue weighted by atomic mass is 10.2. The summed E-state index contributed by atoms with van der Waals surface area (Å²) < 4.78 is 0.916. The summed E-state index contributed by atoms with van der Waals surface area (Å²) >= 11 is 3.43. The lowest BCUT2D eigenvalue weighted by Crippen LogP contribution is -2.27. The van der Waals surface area contributed by atoms with Crippen LogP contribution in [0.5, 0.6) is 0 Å². The molecule has 1 aliphatic rings. The first-order valence-electron chi connectivity index (χ1n) is 5.55. The molecule has 1 aromatic heterocycles. The lowest BCUT2D eigenvalue weighted by Gasteiger charge is -2.13. The van der Waals surface area contributed by atoms with Crippen molar-refractivity contribution in [3.05, 3.63) is 28.9 Å². The molecule has 92 valence electrons. The maximum Gasteiger partial charge on any atom is 0.232 e. The van der Waals surface area contributed by atoms with E-state index in [0.29, 0.717) is 5.95 Å². The smallest absolute Gasteiger partial charge is 0.232 e. The zero-order valence-corrected chi connectivity index (χ0v) is 11.0. The van der Waals surface area contributed by atoms with Crippen LogP contribution in [0.3, 0.4) is 0 Å². The molecule has 0 saturated carbocycles. The van der Waals surface area contributed by atoms with Crippen LogP contribution in [-0.2, 0) is 4.79 Å². The van der Waals surface area contributed by atoms with Crippen LogP contribution in [0.25, 0.3) is 10.9 Å². The maximum absolute atomic E-state index is 11.7. The number of anilines is 1. The van der Waals surface area contributed by atoms with Crippen LogP contribution >= 0.6 is 15.9 Å². The van der Waals surface area contributed by atoms with Gasteiger partial charge in [0.05, 0.1) is 24.6 Å². The van der Waals surface area contributed by atoms with Gasteiger partial charge in [-0.2, -0.15) is 0 Å². The summed E-state index contributed by atoms with van der Waals surface area (Å²) in [4.78, 5) is 21.6. The molecule has 6 heteroatoms. The predicted molar refractivity (Wildman–Crippen MR) is 70.2 cm³/mol. The third kappa shape index (κ3) is 1.87. The molecule has 5 nitrogen and oxygen atoms in total. The van der Waals surface area contributed by atoms with Crippen molar-refractivity contribution < 1.29 is 9.90 Å². The van der Waals surface area contributed by atoms with Crippen molar-refractivity contribution in [3.63, 3.8) is 0 Å². The summed E-state index contributed by atoms with van der Waals surface area (Å²) in [7, 11) is 0. The second kappa shape index (κ2) is 4.29. The lowest BCUT2D eigenvalue weighted by molar-refractivity contribution is -0.117. The second-order valence-corrected chi connectivity index (χ2v) is 5.06. The fourth-order valence-electron chi connectivity index (χ4n) is 2.02. The molecule has 1 aromatic carbocycles. The van der Waals surface area contributed by atoms with Crippen molar-refractivity contribution in [2.24, 2.45) is 0 Å². The predicted octanol–water partition coefficient (Wildman–Crippen LogP) is 1.49. The number of benzene rings is 1. The molecule has 2 heterocycles. The monoisotopic (exact) mass is 307 g/mol. The van der Waals surface area contributed by atoms with E-state index in [4.69, 9.17) is 0 Å². The molecular formula is C12H10BrN3O2. The first kappa shape index (κ1) is 11.6. The minimum absolute atomic E-state index is 0.139. The Hall–Kier alpha value is -1.53. The molecule has 1 N–H and O–H groups in total. The highest BCUT2D eigenvalue weighted by atomic mass is 79.9. The molecule has 18 heavy (non-hydrogen) atoms. The third-order valence-electron chi connectivity index (χ3n) is 2.91. The highest BCUT2D eigenvalue weighted by molar-refractivity contribution is 9.10. The van der Waals surface area contributed by atoms with Crippen LogP contribution in [-0.4, -0.2) is 33.6 Å². The summed E-state index contributed by atoms with van der Waals surface area (Å²) in [5, 5.41) is 10.4. The van der Waals surface area contributed by atoms with E-state index in [-0.39, 0.29) is 18.9 Å². The number of rotatable bonds is 1. The quantitative estimate of drug-likeness (QED) is 0.867. The van der Waals surface area contributed by atoms with E-state index < -0.39 is 6.10 Å². The van der Waals surface area contributed by atoms with Crippen molar-refractivity contribution in [3.8, 4) is 0 Å². The number of fused-ring (bicyclic) bond motifs is 1. The number of carbonyl (C=O) groups is 1. The average Bonchev–Trinajstić information content (AvgIpc) is 2.68. The van der Waals surface area contributed by atoms with Gasteiger partial charge in [-0.05, 0) is 12.1 Å². The Kier molecular flexibility index (Phi) is 2.76. The van der Waals surface area contributed by atoms with Gasteiger partial charge in [0, 0.05) is 16.1 Å². The molecule has 1 unspecified atom stereocenters. The summed E-state index contributed by atoms with van der Waals surface area (Å²) in [6.45, 7) is 0.262. The molecule has 0 aliphatic carbocycles. The van der Waals surface area contributed by atoms with Crippen molar-refractivity contribution >= 4 is 38.7 Å². The minimum Gasteiger partial charge on any atom is -0.391 e. The van der Waals surface area contributed by atoms with Crippen LogP contribution in [0.15, 0.2) is 28.9 Å². The summed E-state index contributed by atoms with van der Waals surface area (Å²) in [6.07, 6.45) is 1.19. The molecule has 0 radical (unpaired) electrons. The van der Waals surface area contributed by atoms with Crippen molar-refractivity contribution in [2.75, 3.05) is 11.4 Å². The van der Waals surface area contributed by atoms with E-state index in [1.165, 1.54) is 4.90 Å². The fraction of sp³-hybridized carbons (Fsp3) is 0.250. The number of hydrogen-bond acceptors (Lipinski definition) is 4. The SMILES string of the molecule is O=C1CC(O)CN1c1ncc2c(Br)cccc2n1. The van der Waals surface area contributed by atoms with Gasteiger partial charge in [-0.1, -0.05) is 22.0 Å². The first-order chi connectivity index (χ1) is 8.65. The van der Waals surface area contributed by atoms with Gasteiger partial charge < -0.3 is 5.11 Å². The number of aliphatic hydroxyl groups is 1. The molecule has 1 saturated heterocycles. The van der Waals surface area contributed by atoms with Crippen LogP contribution < -0.4 is 4.90 Å². The maximum atomic E-state index is 11.7. The van der Waals surface area contributed by atoms with Crippen molar-refractivity contribution in [1.82, 2.24) is 9.97 Å². The van der Waals surface area contributed by atoms with E-state index in [9.17, 15) is 9.90 Å². The standard InChI is InChI=1S/C12H10BrN3O2/c13-9-2-1-3-10-8(9)5-14-12(15-10)16-6-7(17)4-11(16)18/h1-3,5,7,17H,4,6H2. The number of halogens is 1. The summed E-state index contributed by atoms with van der Waals surface area (Å²) in [6, 6.07) is 5.65. The Balaban J connectivity index is 2.06. The summed E-state index contributed by atoms with van der Waals surface area (Å²) in [5.74, 6) is 0.207. The molecule has 0 spiro atoms. The van der Waals surface area contributed by atoms with Gasteiger partial charge in [0.1, 0.15) is 0 Å². The zero-order valence-electron chi connectivity index (χ0n) is 9.38. The topological polar surface area (TPSA) is 66.3 Å². The van der Waals surface area contributed by atoms with E-state index in [1.807, 2.05) is 18.2 Å². The highest BCUT2D eigenvalue weighted by Crippen LogP contribution is 2.24. The van der Waals surface area contributed by atoms with E-state index >= 15 is 0 Å². The van der Waals surface area contributed by atoms with Gasteiger partial charge in [0.25, 0.3) is 0 Å². The molecule has 1 aliphatic heterocycles. The van der Waals surface area contributed by atoms with Crippen LogP contribution in [0.1, 0.15) is 6.42 Å². The molecule has 3 rings (SSSR count). The van der Waals surface area contributed by atoms with Gasteiger partial charge in [-0.3, -0.25) is 9.69 Å². The number of amides is 1. The van der Waals surface area contributed by atoms with E-state index in [1.54, 1.807) is 6.20 Å². The van der Waals surface area contributed by atoms with Gasteiger partial charge in [0.15, 0.2) is 0 Å². The Bertz CT molecular complexity index is 632. The highest BCUT2D eigenvalue weighted by Gasteiger charge is 2.30. The first-order valence-corrected chi connectivity index (χ1v) is 6.34. The number of carbonyl (C=O) groups excluding carboxylic acids is 1. The number of aliphatic hydroxyl groups excluding tert-OH is 1. The second-order valence-electron chi connectivity index (χ2n) is 4.20. The number of aromatic nitrogens is 2. The van der Waals surface area contributed by atoms with Crippen molar-refractivity contribution in [1.29, 1.82) is 0 Å². The third-order valence-corrected chi connectivity index (χ3v) is 3.60. The average molecular weight is 308 g/mol. The molecule has 2 aromatic rings. The normalized spacial score (nSPS) is 19.8. The van der Waals surface area contributed by atoms with E-state index in [0.717, 1.165) is 15.4 Å².